The molecule has 66 heavy (non-hydrogen) atoms. The van der Waals surface area contributed by atoms with E-state index in [1.54, 1.807) is 59.9 Å². The van der Waals surface area contributed by atoms with Crippen LogP contribution in [0.3, 0.4) is 0 Å². The number of hydrogen-bond acceptors (Lipinski definition) is 4. The van der Waals surface area contributed by atoms with Crippen molar-refractivity contribution in [2.75, 3.05) is 0 Å². The topological polar surface area (TPSA) is 0 Å². The first kappa shape index (κ1) is 38.9. The summed E-state index contributed by atoms with van der Waals surface area (Å²) in [5.41, 5.74) is 18.7. The molecule has 336 valence electrons. The summed E-state index contributed by atoms with van der Waals surface area (Å²) in [6, 6.07) is 5.55. The molecule has 0 amide bonds. The molecule has 0 radical (unpaired) electrons. The normalized spacial score (nSPS) is 38.8. The predicted molar refractivity (Wildman–Crippen MR) is 286 cm³/mol. The summed E-state index contributed by atoms with van der Waals surface area (Å²) in [6.45, 7) is 0. The van der Waals surface area contributed by atoms with Crippen LogP contribution in [0.5, 0.6) is 0 Å². The zero-order valence-electron chi connectivity index (χ0n) is 38.5. The second-order valence-electron chi connectivity index (χ2n) is 24.5. The van der Waals surface area contributed by atoms with E-state index in [4.69, 9.17) is 0 Å². The lowest BCUT2D eigenvalue weighted by Gasteiger charge is -2.39. The summed E-state index contributed by atoms with van der Waals surface area (Å²) in [5, 5.41) is 0. The molecule has 6 saturated carbocycles. The first-order chi connectivity index (χ1) is 32.7. The molecule has 0 unspecified atom stereocenters. The lowest BCUT2D eigenvalue weighted by atomic mass is 9.63. The lowest BCUT2D eigenvalue weighted by Crippen LogP contribution is -2.30. The van der Waals surface area contributed by atoms with E-state index in [2.05, 4.69) is 80.2 Å². The largest absolute Gasteiger partial charge is 0.300 e. The Hall–Kier alpha value is -1.80. The van der Waals surface area contributed by atoms with Crippen molar-refractivity contribution in [1.82, 2.24) is 0 Å². The smallest absolute Gasteiger partial charge is 0.139 e. The van der Waals surface area contributed by atoms with E-state index in [-0.39, 0.29) is 0 Å². The number of allylic oxidation sites excluding steroid dienone is 4. The van der Waals surface area contributed by atoms with Crippen molar-refractivity contribution < 1.29 is 0 Å². The second-order valence-corrected chi connectivity index (χ2v) is 30.8. The highest BCUT2D eigenvalue weighted by Gasteiger charge is 2.58. The van der Waals surface area contributed by atoms with Gasteiger partial charge in [0.25, 0.3) is 19.5 Å². The van der Waals surface area contributed by atoms with Gasteiger partial charge in [0, 0.05) is 51.6 Å². The van der Waals surface area contributed by atoms with E-state index >= 15 is 0 Å². The summed E-state index contributed by atoms with van der Waals surface area (Å²) in [6.07, 6.45) is 34.6. The molecule has 4 aromatic rings. The summed E-state index contributed by atoms with van der Waals surface area (Å²) in [5.74, 6) is 9.65. The molecule has 0 spiro atoms. The molecule has 6 heteroatoms. The van der Waals surface area contributed by atoms with Gasteiger partial charge in [-0.1, -0.05) is 0 Å². The third-order valence-corrected chi connectivity index (χ3v) is 30.2. The van der Waals surface area contributed by atoms with Crippen molar-refractivity contribution in [2.45, 2.75) is 201 Å². The van der Waals surface area contributed by atoms with Gasteiger partial charge in [0.05, 0.1) is 9.75 Å². The van der Waals surface area contributed by atoms with Gasteiger partial charge in [0.1, 0.15) is 0 Å². The van der Waals surface area contributed by atoms with Crippen molar-refractivity contribution >= 4 is 77.8 Å². The van der Waals surface area contributed by atoms with Crippen molar-refractivity contribution in [2.24, 2.45) is 23.7 Å². The minimum absolute atomic E-state index is 0.773. The quantitative estimate of drug-likeness (QED) is 0.141. The molecule has 0 aromatic carbocycles. The minimum Gasteiger partial charge on any atom is -0.139 e. The number of hydrogen-bond donors (Lipinski definition) is 0. The molecule has 0 atom stereocenters. The van der Waals surface area contributed by atoms with E-state index in [1.807, 2.05) is 54.3 Å². The first-order valence-corrected chi connectivity index (χ1v) is 32.5. The SMILES string of the molecule is c1c(C2=[S+]/C(=C3\[S+]=C(c4sc(-c5sc(-c6cc7c(s6)C6CCC7CC6)c6c5C5CCC6CC5)c5c4C4CCC5CC4)C4=C3C3CCC4CC3)C3=C2C2CCC3CC2)sc2c1C1CCC2CC1. The van der Waals surface area contributed by atoms with Gasteiger partial charge in [-0.15, -0.1) is 45.3 Å². The van der Waals surface area contributed by atoms with Crippen LogP contribution in [0.25, 0.3) is 19.5 Å². The molecular formula is C60H62S6+2. The van der Waals surface area contributed by atoms with Crippen LogP contribution in [-0.4, -0.2) is 9.73 Å². The highest BCUT2D eigenvalue weighted by molar-refractivity contribution is 7.88. The summed E-state index contributed by atoms with van der Waals surface area (Å²) < 4.78 is 0. The Morgan fingerprint density at radius 2 is 0.621 bits per heavy atom. The third-order valence-electron chi connectivity index (χ3n) is 21.8. The summed E-state index contributed by atoms with van der Waals surface area (Å²) >= 11 is 14.0. The fraction of sp³-hybridized carbons (Fsp3) is 0.600. The average Bonchev–Trinajstić information content (AvgIpc) is 4.26. The zero-order chi connectivity index (χ0) is 42.3. The average molecular weight is 976 g/mol. The molecule has 18 aliphatic carbocycles. The third kappa shape index (κ3) is 5.08. The number of thiophene rings is 4. The summed E-state index contributed by atoms with van der Waals surface area (Å²) in [4.78, 5) is 21.3. The van der Waals surface area contributed by atoms with Gasteiger partial charge in [-0.25, -0.2) is 0 Å². The maximum atomic E-state index is 2.77. The molecule has 6 heterocycles. The van der Waals surface area contributed by atoms with Gasteiger partial charge in [0.15, 0.2) is 0 Å². The Balaban J connectivity index is 0.848. The fourth-order valence-electron chi connectivity index (χ4n) is 18.8. The van der Waals surface area contributed by atoms with E-state index in [0.29, 0.717) is 0 Å². The van der Waals surface area contributed by atoms with Crippen LogP contribution in [0, 0.1) is 23.7 Å². The molecule has 6 fully saturated rings. The van der Waals surface area contributed by atoms with Crippen LogP contribution >= 0.6 is 45.3 Å². The first-order valence-electron chi connectivity index (χ1n) is 27.6. The monoisotopic (exact) mass is 974 g/mol. The van der Waals surface area contributed by atoms with Gasteiger partial charge in [-0.3, -0.25) is 0 Å². The van der Waals surface area contributed by atoms with E-state index in [1.165, 1.54) is 154 Å². The molecule has 4 aromatic heterocycles. The van der Waals surface area contributed by atoms with Crippen molar-refractivity contribution in [1.29, 1.82) is 0 Å². The van der Waals surface area contributed by atoms with Crippen LogP contribution in [0.4, 0.5) is 0 Å². The second kappa shape index (κ2) is 14.0. The Labute approximate surface area is 416 Å². The van der Waals surface area contributed by atoms with Crippen LogP contribution in [0.15, 0.2) is 44.2 Å². The van der Waals surface area contributed by atoms with Crippen molar-refractivity contribution in [3.05, 3.63) is 97.1 Å². The highest BCUT2D eigenvalue weighted by atomic mass is 32.1. The van der Waals surface area contributed by atoms with Gasteiger partial charge in [-0.05, 0) is 271 Å². The van der Waals surface area contributed by atoms with E-state index in [0.717, 1.165) is 71.0 Å². The Morgan fingerprint density at radius 3 is 1.11 bits per heavy atom. The number of rotatable bonds is 4. The zero-order valence-corrected chi connectivity index (χ0v) is 43.4. The molecule has 20 aliphatic rings. The Bertz CT molecular complexity index is 2940. The van der Waals surface area contributed by atoms with Crippen LogP contribution in [-0.2, 0) is 22.7 Å². The molecule has 12 bridgehead atoms. The Morgan fingerprint density at radius 1 is 0.288 bits per heavy atom. The molecule has 0 N–H and O–H groups in total. The van der Waals surface area contributed by atoms with Crippen molar-refractivity contribution in [3.8, 4) is 19.5 Å². The summed E-state index contributed by atoms with van der Waals surface area (Å²) in [7, 11) is 0. The fourth-order valence-corrected chi connectivity index (χ4v) is 28.2. The van der Waals surface area contributed by atoms with Gasteiger partial charge in [-0.2, -0.15) is 0 Å². The minimum atomic E-state index is 0.773. The molecule has 2 aliphatic heterocycles. The predicted octanol–water partition coefficient (Wildman–Crippen LogP) is 17.7. The molecule has 0 nitrogen and oxygen atoms in total. The number of fused-ring (bicyclic) bond motifs is 12. The van der Waals surface area contributed by atoms with Gasteiger partial charge >= 0.3 is 0 Å². The molecular weight excluding hydrogens is 913 g/mol. The van der Waals surface area contributed by atoms with Crippen LogP contribution in [0.1, 0.15) is 254 Å². The maximum Gasteiger partial charge on any atom is 0.300 e. The van der Waals surface area contributed by atoms with E-state index < -0.39 is 0 Å². The van der Waals surface area contributed by atoms with E-state index in [9.17, 15) is 0 Å². The molecule has 24 rings (SSSR count). The maximum absolute atomic E-state index is 2.77. The lowest BCUT2D eigenvalue weighted by molar-refractivity contribution is 0.306. The molecule has 0 saturated heterocycles. The van der Waals surface area contributed by atoms with Crippen LogP contribution in [0.2, 0.25) is 0 Å². The Kier molecular flexibility index (Phi) is 8.24. The van der Waals surface area contributed by atoms with Crippen LogP contribution < -0.4 is 0 Å². The van der Waals surface area contributed by atoms with Gasteiger partial charge < -0.3 is 0 Å². The highest BCUT2D eigenvalue weighted by Crippen LogP contribution is 2.66. The standard InChI is InChI=1S/C60H62S6/c1-21-37-22-2-27(1)39-25-41(61-51(37)39)53-43-29-5-9-31(10-6-29)45(43)55(63-53)57-47-33-13-17-35(18-14-33)49(47)59(65-57)60-50-36-19-15-34(16-20-36)48(50)58(66-60)56-46-32-11-7-30(8-12-32)44(46)54(64-56)42-26-40-28-3-23-38(24-4-28)52(40)62-42/h25-38H,1-24H2/q+2. The van der Waals surface area contributed by atoms with Crippen molar-refractivity contribution in [3.63, 3.8) is 0 Å². The van der Waals surface area contributed by atoms with Gasteiger partial charge in [0.2, 0.25) is 22.7 Å².